The summed E-state index contributed by atoms with van der Waals surface area (Å²) >= 11 is 0. The molecule has 0 bridgehead atoms. The summed E-state index contributed by atoms with van der Waals surface area (Å²) in [7, 11) is 1.72. The van der Waals surface area contributed by atoms with Gasteiger partial charge in [-0.1, -0.05) is 12.1 Å². The second kappa shape index (κ2) is 11.5. The Morgan fingerprint density at radius 3 is 2.51 bits per heavy atom. The van der Waals surface area contributed by atoms with Crippen LogP contribution >= 0.6 is 0 Å². The lowest BCUT2D eigenvalue weighted by Gasteiger charge is -2.43. The maximum Gasteiger partial charge on any atom is 0.243 e. The first-order valence-corrected chi connectivity index (χ1v) is 12.5. The quantitative estimate of drug-likeness (QED) is 0.484. The predicted molar refractivity (Wildman–Crippen MR) is 128 cm³/mol. The highest BCUT2D eigenvalue weighted by Crippen LogP contribution is 2.31. The normalized spacial score (nSPS) is 26.3. The van der Waals surface area contributed by atoms with Crippen LogP contribution in [0.25, 0.3) is 0 Å². The van der Waals surface area contributed by atoms with Crippen LogP contribution in [0, 0.1) is 11.7 Å². The molecule has 3 aliphatic rings. The third kappa shape index (κ3) is 5.99. The van der Waals surface area contributed by atoms with Crippen molar-refractivity contribution in [2.24, 2.45) is 5.92 Å². The molecule has 192 valence electrons. The van der Waals surface area contributed by atoms with E-state index in [4.69, 9.17) is 4.74 Å². The average molecular weight is 490 g/mol. The number of hydrogen-bond acceptors (Lipinski definition) is 6. The molecule has 3 N–H and O–H groups in total. The zero-order valence-electron chi connectivity index (χ0n) is 20.5. The minimum atomic E-state index is -0.541. The van der Waals surface area contributed by atoms with Gasteiger partial charge in [-0.05, 0) is 50.9 Å². The molecule has 10 heteroatoms. The van der Waals surface area contributed by atoms with Gasteiger partial charge in [0.25, 0.3) is 0 Å². The smallest absolute Gasteiger partial charge is 0.243 e. The maximum absolute atomic E-state index is 13.8. The highest BCUT2D eigenvalue weighted by molar-refractivity contribution is 5.90. The van der Waals surface area contributed by atoms with Gasteiger partial charge in [-0.25, -0.2) is 4.39 Å². The Bertz CT molecular complexity index is 910. The molecule has 3 fully saturated rings. The van der Waals surface area contributed by atoms with Crippen LogP contribution in [0.4, 0.5) is 4.39 Å². The van der Waals surface area contributed by atoms with Crippen molar-refractivity contribution in [2.75, 3.05) is 39.9 Å². The first-order valence-electron chi connectivity index (χ1n) is 12.5. The van der Waals surface area contributed by atoms with Gasteiger partial charge in [-0.3, -0.25) is 19.3 Å². The van der Waals surface area contributed by atoms with E-state index in [1.807, 2.05) is 0 Å². The second-order valence-electron chi connectivity index (χ2n) is 9.76. The number of carbonyl (C=O) groups excluding carboxylic acids is 3. The van der Waals surface area contributed by atoms with Gasteiger partial charge in [0, 0.05) is 32.2 Å². The zero-order valence-corrected chi connectivity index (χ0v) is 20.5. The zero-order chi connectivity index (χ0) is 24.9. The molecule has 3 saturated heterocycles. The Kier molecular flexibility index (Phi) is 8.35. The number of hydrogen-bond donors (Lipinski definition) is 3. The van der Waals surface area contributed by atoms with Crippen molar-refractivity contribution in [1.29, 1.82) is 0 Å². The fourth-order valence-electron chi connectivity index (χ4n) is 5.07. The molecule has 0 aromatic heterocycles. The number of ether oxygens (including phenoxy) is 1. The Morgan fingerprint density at radius 2 is 1.86 bits per heavy atom. The van der Waals surface area contributed by atoms with E-state index in [-0.39, 0.29) is 48.7 Å². The summed E-state index contributed by atoms with van der Waals surface area (Å²) in [6.45, 7) is 4.93. The van der Waals surface area contributed by atoms with Gasteiger partial charge in [-0.15, -0.1) is 0 Å². The highest BCUT2D eigenvalue weighted by Gasteiger charge is 2.45. The second-order valence-corrected chi connectivity index (χ2v) is 9.76. The number of likely N-dealkylation sites (N-methyl/N-ethyl adjacent to an activating group) is 1. The SMILES string of the molecule is CN[C@@H](C)C(=O)NC[C@H]1CN(C2COC2)CC[C@H]2CC[C@@H](C(=O)NCc3ccc(F)cc3)N2C1=O. The van der Waals surface area contributed by atoms with Gasteiger partial charge in [0.1, 0.15) is 11.9 Å². The van der Waals surface area contributed by atoms with Gasteiger partial charge in [-0.2, -0.15) is 0 Å². The predicted octanol–water partition coefficient (Wildman–Crippen LogP) is 0.246. The van der Waals surface area contributed by atoms with E-state index in [2.05, 4.69) is 20.9 Å². The Hall–Kier alpha value is -2.56. The molecule has 35 heavy (non-hydrogen) atoms. The third-order valence-electron chi connectivity index (χ3n) is 7.48. The minimum Gasteiger partial charge on any atom is -0.378 e. The van der Waals surface area contributed by atoms with E-state index in [9.17, 15) is 18.8 Å². The molecule has 0 aliphatic carbocycles. The van der Waals surface area contributed by atoms with Crippen molar-refractivity contribution in [3.05, 3.63) is 35.6 Å². The monoisotopic (exact) mass is 489 g/mol. The number of benzene rings is 1. The highest BCUT2D eigenvalue weighted by atomic mass is 19.1. The van der Waals surface area contributed by atoms with Crippen LogP contribution in [-0.2, 0) is 25.7 Å². The maximum atomic E-state index is 13.8. The average Bonchev–Trinajstić information content (AvgIpc) is 3.24. The number of carbonyl (C=O) groups is 3. The molecule has 0 radical (unpaired) electrons. The summed E-state index contributed by atoms with van der Waals surface area (Å²) in [5, 5.41) is 8.75. The van der Waals surface area contributed by atoms with Crippen LogP contribution in [0.15, 0.2) is 24.3 Å². The molecule has 4 atom stereocenters. The van der Waals surface area contributed by atoms with Crippen molar-refractivity contribution in [3.63, 3.8) is 0 Å². The molecule has 0 unspecified atom stereocenters. The number of halogens is 1. The lowest BCUT2D eigenvalue weighted by Crippen LogP contribution is -2.59. The van der Waals surface area contributed by atoms with Crippen molar-refractivity contribution in [3.8, 4) is 0 Å². The fourth-order valence-corrected chi connectivity index (χ4v) is 5.07. The minimum absolute atomic E-state index is 0.0118. The topological polar surface area (TPSA) is 103 Å². The van der Waals surface area contributed by atoms with E-state index in [0.717, 1.165) is 24.9 Å². The fraction of sp³-hybridized carbons (Fsp3) is 0.640. The van der Waals surface area contributed by atoms with Crippen molar-refractivity contribution in [1.82, 2.24) is 25.8 Å². The van der Waals surface area contributed by atoms with Crippen molar-refractivity contribution in [2.45, 2.75) is 56.9 Å². The molecule has 0 spiro atoms. The summed E-state index contributed by atoms with van der Waals surface area (Å²) in [5.41, 5.74) is 0.797. The van der Waals surface area contributed by atoms with E-state index >= 15 is 0 Å². The van der Waals surface area contributed by atoms with E-state index in [1.54, 1.807) is 31.0 Å². The Balaban J connectivity index is 1.45. The first-order chi connectivity index (χ1) is 16.9. The number of fused-ring (bicyclic) bond motifs is 1. The summed E-state index contributed by atoms with van der Waals surface area (Å²) < 4.78 is 18.6. The van der Waals surface area contributed by atoms with Gasteiger partial charge in [0.2, 0.25) is 17.7 Å². The molecular formula is C25H36FN5O4. The van der Waals surface area contributed by atoms with E-state index < -0.39 is 12.0 Å². The summed E-state index contributed by atoms with van der Waals surface area (Å²) in [6.07, 6.45) is 2.18. The number of amides is 3. The molecule has 0 saturated carbocycles. The molecule has 3 amide bonds. The Labute approximate surface area is 205 Å². The van der Waals surface area contributed by atoms with Crippen LogP contribution in [0.5, 0.6) is 0 Å². The van der Waals surface area contributed by atoms with Crippen LogP contribution in [0.3, 0.4) is 0 Å². The third-order valence-corrected chi connectivity index (χ3v) is 7.48. The molecular weight excluding hydrogens is 453 g/mol. The standard InChI is InChI=1S/C25H36FN5O4/c1-16(27-2)23(32)29-12-18-13-30(21-14-35-15-21)10-9-20-7-8-22(31(20)25(18)34)24(33)28-11-17-3-5-19(26)6-4-17/h3-6,16,18,20-22,27H,7-15H2,1-2H3,(H,28,33)(H,29,32)/t16-,18-,20+,22-/m0/s1. The van der Waals surface area contributed by atoms with Crippen molar-refractivity contribution < 1.29 is 23.5 Å². The van der Waals surface area contributed by atoms with Crippen LogP contribution in [0.2, 0.25) is 0 Å². The molecule has 4 rings (SSSR count). The van der Waals surface area contributed by atoms with Crippen molar-refractivity contribution >= 4 is 17.7 Å². The summed E-state index contributed by atoms with van der Waals surface area (Å²) in [4.78, 5) is 43.4. The molecule has 3 aliphatic heterocycles. The summed E-state index contributed by atoms with van der Waals surface area (Å²) in [5.74, 6) is -1.21. The molecule has 3 heterocycles. The van der Waals surface area contributed by atoms with Crippen LogP contribution in [0.1, 0.15) is 31.7 Å². The van der Waals surface area contributed by atoms with E-state index in [0.29, 0.717) is 32.2 Å². The molecule has 9 nitrogen and oxygen atoms in total. The number of rotatable bonds is 8. The van der Waals surface area contributed by atoms with Crippen LogP contribution < -0.4 is 16.0 Å². The van der Waals surface area contributed by atoms with Gasteiger partial charge in [0.05, 0.1) is 31.2 Å². The number of nitrogens with one attached hydrogen (secondary N) is 3. The van der Waals surface area contributed by atoms with Gasteiger partial charge in [0.15, 0.2) is 0 Å². The summed E-state index contributed by atoms with van der Waals surface area (Å²) in [6, 6.07) is 5.38. The molecule has 1 aromatic carbocycles. The first kappa shape index (κ1) is 25.5. The van der Waals surface area contributed by atoms with Gasteiger partial charge >= 0.3 is 0 Å². The lowest BCUT2D eigenvalue weighted by molar-refractivity contribution is -0.148. The largest absolute Gasteiger partial charge is 0.378 e. The lowest BCUT2D eigenvalue weighted by atomic mass is 9.99. The van der Waals surface area contributed by atoms with Crippen LogP contribution in [-0.4, -0.2) is 91.6 Å². The van der Waals surface area contributed by atoms with E-state index in [1.165, 1.54) is 12.1 Å². The number of nitrogens with zero attached hydrogens (tertiary/aromatic N) is 2. The van der Waals surface area contributed by atoms with Gasteiger partial charge < -0.3 is 25.6 Å². The Morgan fingerprint density at radius 1 is 1.11 bits per heavy atom. The molecule has 1 aromatic rings.